The van der Waals surface area contributed by atoms with E-state index < -0.39 is 5.97 Å². The van der Waals surface area contributed by atoms with Gasteiger partial charge >= 0.3 is 5.97 Å². The fourth-order valence-corrected chi connectivity index (χ4v) is 1.00. The van der Waals surface area contributed by atoms with E-state index in [1.54, 1.807) is 0 Å². The number of nitrogens with zero attached hydrogens (tertiary/aromatic N) is 2. The van der Waals surface area contributed by atoms with E-state index in [1.165, 1.54) is 19.4 Å². The molecule has 0 bridgehead atoms. The van der Waals surface area contributed by atoms with Crippen molar-refractivity contribution >= 4 is 17.6 Å². The van der Waals surface area contributed by atoms with Gasteiger partial charge in [-0.25, -0.2) is 9.78 Å². The van der Waals surface area contributed by atoms with Crippen LogP contribution in [0.15, 0.2) is 12.3 Å². The topological polar surface area (TPSA) is 63.0 Å². The van der Waals surface area contributed by atoms with Crippen LogP contribution < -0.4 is 0 Å². The monoisotopic (exact) mass is 196 g/mol. The molecule has 0 saturated heterocycles. The predicted octanol–water partition coefficient (Wildman–Crippen LogP) is 1.39. The Morgan fingerprint density at radius 2 is 2.46 bits per heavy atom. The molecule has 0 atom stereocenters. The summed E-state index contributed by atoms with van der Waals surface area (Å²) in [5.74, 6) is -0.651. The molecule has 13 heavy (non-hydrogen) atoms. The number of carbonyl (C=O) groups excluding carboxylic acids is 1. The second-order valence-electron chi connectivity index (χ2n) is 2.12. The molecule has 1 rings (SSSR count). The maximum Gasteiger partial charge on any atom is 0.358 e. The van der Waals surface area contributed by atoms with Crippen molar-refractivity contribution in [1.82, 2.24) is 4.98 Å². The summed E-state index contributed by atoms with van der Waals surface area (Å²) in [7, 11) is 1.22. The van der Waals surface area contributed by atoms with E-state index in [1.807, 2.05) is 6.07 Å². The van der Waals surface area contributed by atoms with E-state index in [0.717, 1.165) is 0 Å². The summed E-state index contributed by atoms with van der Waals surface area (Å²) < 4.78 is 4.42. The van der Waals surface area contributed by atoms with Crippen LogP contribution in [-0.4, -0.2) is 18.1 Å². The Hall–Kier alpha value is -1.60. The minimum absolute atomic E-state index is 0.0249. The summed E-state index contributed by atoms with van der Waals surface area (Å²) in [6.07, 6.45) is 1.33. The Bertz CT molecular complexity index is 384. The molecule has 1 aromatic rings. The van der Waals surface area contributed by atoms with E-state index >= 15 is 0 Å². The van der Waals surface area contributed by atoms with E-state index in [9.17, 15) is 4.79 Å². The Morgan fingerprint density at radius 3 is 3.00 bits per heavy atom. The van der Waals surface area contributed by atoms with Crippen LogP contribution in [-0.2, 0) is 4.74 Å². The number of pyridine rings is 1. The van der Waals surface area contributed by atoms with Gasteiger partial charge in [0.05, 0.1) is 17.7 Å². The van der Waals surface area contributed by atoms with Crippen LogP contribution in [0.1, 0.15) is 16.1 Å². The third-order valence-electron chi connectivity index (χ3n) is 1.39. The van der Waals surface area contributed by atoms with Crippen molar-refractivity contribution in [3.05, 3.63) is 28.5 Å². The number of aromatic nitrogens is 1. The number of hydrogen-bond donors (Lipinski definition) is 0. The van der Waals surface area contributed by atoms with Gasteiger partial charge in [0.2, 0.25) is 0 Å². The number of halogens is 1. The molecule has 0 aromatic carbocycles. The number of rotatable bonds is 1. The fourth-order valence-electron chi connectivity index (χ4n) is 0.769. The first kappa shape index (κ1) is 9.49. The highest BCUT2D eigenvalue weighted by Crippen LogP contribution is 2.18. The van der Waals surface area contributed by atoms with E-state index in [2.05, 4.69) is 9.72 Å². The molecule has 0 N–H and O–H groups in total. The lowest BCUT2D eigenvalue weighted by Gasteiger charge is -2.00. The minimum Gasteiger partial charge on any atom is -0.464 e. The molecule has 0 saturated carbocycles. The summed E-state index contributed by atoms with van der Waals surface area (Å²) in [5.41, 5.74) is 0.167. The smallest absolute Gasteiger partial charge is 0.358 e. The molecule has 0 amide bonds. The molecule has 0 aliphatic rings. The highest BCUT2D eigenvalue weighted by Gasteiger charge is 2.14. The Kier molecular flexibility index (Phi) is 2.83. The Labute approximate surface area is 79.7 Å². The van der Waals surface area contributed by atoms with Crippen molar-refractivity contribution in [3.8, 4) is 6.07 Å². The lowest BCUT2D eigenvalue weighted by Crippen LogP contribution is -2.05. The standard InChI is InChI=1S/C8H5ClN2O2/c1-13-8(12)7-6(9)5(4-10)2-3-11-7/h2-3H,1H3. The highest BCUT2D eigenvalue weighted by atomic mass is 35.5. The van der Waals surface area contributed by atoms with E-state index in [0.29, 0.717) is 0 Å². The molecule has 4 nitrogen and oxygen atoms in total. The van der Waals surface area contributed by atoms with Gasteiger partial charge in [0.15, 0.2) is 5.69 Å². The van der Waals surface area contributed by atoms with Gasteiger partial charge in [-0.2, -0.15) is 5.26 Å². The van der Waals surface area contributed by atoms with Crippen molar-refractivity contribution in [1.29, 1.82) is 5.26 Å². The fraction of sp³-hybridized carbons (Fsp3) is 0.125. The van der Waals surface area contributed by atoms with Crippen molar-refractivity contribution in [2.75, 3.05) is 7.11 Å². The number of nitriles is 1. The van der Waals surface area contributed by atoms with Gasteiger partial charge in [-0.1, -0.05) is 11.6 Å². The predicted molar refractivity (Wildman–Crippen MR) is 45.3 cm³/mol. The first-order valence-corrected chi connectivity index (χ1v) is 3.71. The van der Waals surface area contributed by atoms with Crippen LogP contribution in [0.3, 0.4) is 0 Å². The molecule has 1 aromatic heterocycles. The zero-order chi connectivity index (χ0) is 9.84. The van der Waals surface area contributed by atoms with E-state index in [-0.39, 0.29) is 16.3 Å². The number of methoxy groups -OCH3 is 1. The van der Waals surface area contributed by atoms with Gasteiger partial charge in [-0.05, 0) is 6.07 Å². The molecule has 0 unspecified atom stereocenters. The number of esters is 1. The molecule has 0 aliphatic heterocycles. The molecule has 0 aliphatic carbocycles. The number of hydrogen-bond acceptors (Lipinski definition) is 4. The molecular formula is C8H5ClN2O2. The van der Waals surface area contributed by atoms with Crippen molar-refractivity contribution in [2.24, 2.45) is 0 Å². The van der Waals surface area contributed by atoms with Crippen LogP contribution in [0.2, 0.25) is 5.02 Å². The summed E-state index contributed by atoms with van der Waals surface area (Å²) in [4.78, 5) is 14.7. The molecule has 0 radical (unpaired) electrons. The first-order valence-electron chi connectivity index (χ1n) is 3.33. The van der Waals surface area contributed by atoms with Crippen molar-refractivity contribution in [2.45, 2.75) is 0 Å². The van der Waals surface area contributed by atoms with Crippen LogP contribution >= 0.6 is 11.6 Å². The maximum absolute atomic E-state index is 11.0. The molecule has 1 heterocycles. The van der Waals surface area contributed by atoms with Crippen molar-refractivity contribution < 1.29 is 9.53 Å². The largest absolute Gasteiger partial charge is 0.464 e. The summed E-state index contributed by atoms with van der Waals surface area (Å²) in [5, 5.41) is 8.61. The van der Waals surface area contributed by atoms with Gasteiger partial charge in [0, 0.05) is 6.20 Å². The summed E-state index contributed by atoms with van der Waals surface area (Å²) in [6.45, 7) is 0. The molecule has 5 heteroatoms. The average Bonchev–Trinajstić information content (AvgIpc) is 2.17. The van der Waals surface area contributed by atoms with Gasteiger partial charge in [0.25, 0.3) is 0 Å². The zero-order valence-corrected chi connectivity index (χ0v) is 7.50. The van der Waals surface area contributed by atoms with Gasteiger partial charge in [-0.15, -0.1) is 0 Å². The van der Waals surface area contributed by atoms with Crippen molar-refractivity contribution in [3.63, 3.8) is 0 Å². The lowest BCUT2D eigenvalue weighted by molar-refractivity contribution is 0.0594. The van der Waals surface area contributed by atoms with Crippen LogP contribution in [0.5, 0.6) is 0 Å². The quantitative estimate of drug-likeness (QED) is 0.637. The summed E-state index contributed by atoms with van der Waals surface area (Å²) in [6, 6.07) is 3.26. The van der Waals surface area contributed by atoms with Crippen LogP contribution in [0.4, 0.5) is 0 Å². The first-order chi connectivity index (χ1) is 6.20. The lowest BCUT2D eigenvalue weighted by atomic mass is 10.2. The molecular weight excluding hydrogens is 192 g/mol. The third-order valence-corrected chi connectivity index (χ3v) is 1.77. The van der Waals surface area contributed by atoms with Gasteiger partial charge in [-0.3, -0.25) is 0 Å². The second kappa shape index (κ2) is 3.87. The molecule has 0 spiro atoms. The molecule has 0 fully saturated rings. The average molecular weight is 197 g/mol. The SMILES string of the molecule is COC(=O)c1nccc(C#N)c1Cl. The Balaban J connectivity index is 3.25. The van der Waals surface area contributed by atoms with Crippen LogP contribution in [0, 0.1) is 11.3 Å². The minimum atomic E-state index is -0.651. The number of carbonyl (C=O) groups is 1. The van der Waals surface area contributed by atoms with E-state index in [4.69, 9.17) is 16.9 Å². The number of ether oxygens (including phenoxy) is 1. The normalized spacial score (nSPS) is 9.00. The van der Waals surface area contributed by atoms with Crippen LogP contribution in [0.25, 0.3) is 0 Å². The maximum atomic E-state index is 11.0. The molecule has 66 valence electrons. The van der Waals surface area contributed by atoms with Gasteiger partial charge < -0.3 is 4.74 Å². The van der Waals surface area contributed by atoms with Gasteiger partial charge in [0.1, 0.15) is 6.07 Å². The second-order valence-corrected chi connectivity index (χ2v) is 2.50. The summed E-state index contributed by atoms with van der Waals surface area (Å²) >= 11 is 5.70. The Morgan fingerprint density at radius 1 is 1.77 bits per heavy atom. The zero-order valence-electron chi connectivity index (χ0n) is 6.74. The highest BCUT2D eigenvalue weighted by molar-refractivity contribution is 6.34. The third kappa shape index (κ3) is 1.76.